The molecule has 1 saturated heterocycles. The maximum Gasteiger partial charge on any atom is 0.336 e. The number of aliphatic hydroxyl groups is 3. The Morgan fingerprint density at radius 3 is 2.56 bits per heavy atom. The van der Waals surface area contributed by atoms with E-state index in [1.165, 1.54) is 47.6 Å². The lowest BCUT2D eigenvalue weighted by molar-refractivity contribution is -0.125. The number of oxime groups is 1. The Bertz CT molecular complexity index is 2640. The molecule has 4 atom stereocenters. The summed E-state index contributed by atoms with van der Waals surface area (Å²) in [5, 5.41) is 66.9. The van der Waals surface area contributed by atoms with Crippen molar-refractivity contribution < 1.29 is 49.1 Å². The first-order valence-corrected chi connectivity index (χ1v) is 20.0. The Balaban J connectivity index is 0.790. The molecule has 2 aromatic heterocycles. The second-order valence-electron chi connectivity index (χ2n) is 14.2. The van der Waals surface area contributed by atoms with Crippen LogP contribution in [0.4, 0.5) is 11.5 Å². The van der Waals surface area contributed by atoms with Crippen LogP contribution in [0, 0.1) is 0 Å². The van der Waals surface area contributed by atoms with Crippen LogP contribution in [0.25, 0.3) is 44.6 Å². The van der Waals surface area contributed by atoms with E-state index in [9.17, 15) is 39.9 Å². The molecule has 1 fully saturated rings. The number of thiocarbonyl (C=S) groups is 1. The summed E-state index contributed by atoms with van der Waals surface area (Å²) in [7, 11) is 0. The molecule has 9 N–H and O–H groups in total. The van der Waals surface area contributed by atoms with Crippen molar-refractivity contribution in [2.75, 3.05) is 43.5 Å². The lowest BCUT2D eigenvalue weighted by Gasteiger charge is -2.18. The first kappa shape index (κ1) is 43.3. The zero-order valence-electron chi connectivity index (χ0n) is 32.9. The second kappa shape index (κ2) is 19.7. The minimum Gasteiger partial charge on any atom is -0.508 e. The number of aromatic nitrogens is 4. The topological polar surface area (TPSA) is 288 Å². The monoisotopic (exact) mass is 869 g/mol. The molecule has 62 heavy (non-hydrogen) atoms. The number of aromatic hydroxyl groups is 1. The first-order chi connectivity index (χ1) is 30.0. The summed E-state index contributed by atoms with van der Waals surface area (Å²) in [6, 6.07) is 13.6. The summed E-state index contributed by atoms with van der Waals surface area (Å²) in [6.07, 6.45) is 2.42. The van der Waals surface area contributed by atoms with Crippen LogP contribution < -0.4 is 26.7 Å². The van der Waals surface area contributed by atoms with Crippen LogP contribution in [0.1, 0.15) is 42.3 Å². The SMILES string of the molecule is O=C(CO/N=C/CCCNC(=S)Nc1ccc(-c2c3ccc(=O)cc-3oc3cc(O)ccc23)c(C(=O)O)c1)NCCCCNc1ncnc2c1ncn2[C@@H]1O[C@H](CO)[C@@H](O)[C@H]1O. The van der Waals surface area contributed by atoms with Gasteiger partial charge in [-0.15, -0.1) is 0 Å². The van der Waals surface area contributed by atoms with Crippen LogP contribution in [-0.2, 0) is 14.4 Å². The van der Waals surface area contributed by atoms with Crippen LogP contribution in [-0.4, -0.2) is 119 Å². The lowest BCUT2D eigenvalue weighted by Crippen LogP contribution is -2.33. The van der Waals surface area contributed by atoms with E-state index < -0.39 is 37.1 Å². The average molecular weight is 870 g/mol. The second-order valence-corrected chi connectivity index (χ2v) is 14.6. The quantitative estimate of drug-likeness (QED) is 0.0197. The van der Waals surface area contributed by atoms with Gasteiger partial charge in [-0.2, -0.15) is 0 Å². The number of aliphatic hydroxyl groups excluding tert-OH is 3. The standard InChI is InChI=1S/C41H43N9O11S/c51-18-31-35(55)36(56)39(61-31)50-21-47-34-37(45-20-46-38(34)50)43-12-2-1-11-42-32(54)19-59-48-14-4-3-13-44-41(62)49-22-5-8-25(28(15-22)40(57)58)33-26-9-6-23(52)16-29(26)60-30-17-24(53)7-10-27(30)33/h5-10,14-17,20-21,31,35-36,39,51-52,55-56H,1-4,11-13,18-19H2,(H,42,54)(H,57,58)(H,43,45,46)(H2,44,49,62)/b48-14+/t31-,35-,36-,39-/m1/s1. The smallest absolute Gasteiger partial charge is 0.336 e. The number of ether oxygens (including phenoxy) is 1. The zero-order chi connectivity index (χ0) is 43.8. The molecule has 21 heteroatoms. The molecule has 0 bridgehead atoms. The Labute approximate surface area is 357 Å². The number of imidazole rings is 1. The molecule has 0 saturated carbocycles. The van der Waals surface area contributed by atoms with Gasteiger partial charge in [0.15, 0.2) is 40.4 Å². The number of hydrogen-bond donors (Lipinski definition) is 9. The molecular weight excluding hydrogens is 827 g/mol. The molecule has 2 aromatic carbocycles. The number of phenolic OH excluding ortho intramolecular Hbond substituents is 1. The fraction of sp³-hybridized carbons (Fsp3) is 0.317. The largest absolute Gasteiger partial charge is 0.508 e. The number of carbonyl (C=O) groups excluding carboxylic acids is 1. The van der Waals surface area contributed by atoms with Crippen molar-refractivity contribution >= 4 is 69.1 Å². The molecule has 4 heterocycles. The van der Waals surface area contributed by atoms with Gasteiger partial charge < -0.3 is 60.8 Å². The lowest BCUT2D eigenvalue weighted by atomic mass is 9.90. The molecular formula is C41H43N9O11S. The number of unbranched alkanes of at least 4 members (excludes halogenated alkanes) is 2. The molecule has 1 amide bonds. The number of carboxylic acid groups (broad SMARTS) is 1. The highest BCUT2D eigenvalue weighted by Gasteiger charge is 2.44. The number of benzene rings is 3. The summed E-state index contributed by atoms with van der Waals surface area (Å²) in [6.45, 7) is 0.726. The number of carbonyl (C=O) groups is 2. The number of nitrogens with one attached hydrogen (secondary N) is 4. The molecule has 0 unspecified atom stereocenters. The van der Waals surface area contributed by atoms with Gasteiger partial charge in [-0.3, -0.25) is 14.2 Å². The highest BCUT2D eigenvalue weighted by Crippen LogP contribution is 2.42. The maximum absolute atomic E-state index is 12.5. The molecule has 0 spiro atoms. The number of hydrogen-bond acceptors (Lipinski definition) is 16. The third kappa shape index (κ3) is 9.88. The predicted molar refractivity (Wildman–Crippen MR) is 230 cm³/mol. The van der Waals surface area contributed by atoms with Crippen molar-refractivity contribution in [1.29, 1.82) is 0 Å². The Morgan fingerprint density at radius 1 is 0.952 bits per heavy atom. The number of fused-ring (bicyclic) bond motifs is 3. The van der Waals surface area contributed by atoms with Gasteiger partial charge in [0.1, 0.15) is 41.7 Å². The van der Waals surface area contributed by atoms with Crippen LogP contribution in [0.2, 0.25) is 0 Å². The summed E-state index contributed by atoms with van der Waals surface area (Å²) >= 11 is 5.43. The minimum absolute atomic E-state index is 0.0170. The van der Waals surface area contributed by atoms with E-state index in [0.717, 1.165) is 0 Å². The van der Waals surface area contributed by atoms with Gasteiger partial charge in [0, 0.05) is 60.2 Å². The molecule has 3 aliphatic rings. The third-order valence-electron chi connectivity index (χ3n) is 9.96. The van der Waals surface area contributed by atoms with E-state index >= 15 is 0 Å². The van der Waals surface area contributed by atoms with Crippen molar-refractivity contribution in [3.05, 3.63) is 83.0 Å². The van der Waals surface area contributed by atoms with E-state index in [0.29, 0.717) is 90.1 Å². The summed E-state index contributed by atoms with van der Waals surface area (Å²) in [4.78, 5) is 54.7. The predicted octanol–water partition coefficient (Wildman–Crippen LogP) is 2.80. The van der Waals surface area contributed by atoms with Gasteiger partial charge in [-0.1, -0.05) is 11.2 Å². The number of phenols is 1. The molecule has 324 valence electrons. The number of carboxylic acids is 1. The highest BCUT2D eigenvalue weighted by molar-refractivity contribution is 7.80. The number of aromatic carboxylic acids is 1. The molecule has 1 aliphatic carbocycles. The van der Waals surface area contributed by atoms with Gasteiger partial charge in [-0.25, -0.2) is 19.7 Å². The first-order valence-electron chi connectivity index (χ1n) is 19.6. The summed E-state index contributed by atoms with van der Waals surface area (Å²) in [5.41, 5.74) is 2.72. The maximum atomic E-state index is 12.5. The van der Waals surface area contributed by atoms with E-state index in [-0.39, 0.29) is 45.7 Å². The van der Waals surface area contributed by atoms with E-state index in [2.05, 4.69) is 41.4 Å². The van der Waals surface area contributed by atoms with E-state index in [4.69, 9.17) is 26.2 Å². The number of anilines is 2. The molecule has 2 aliphatic heterocycles. The minimum atomic E-state index is -1.27. The van der Waals surface area contributed by atoms with Crippen molar-refractivity contribution in [2.45, 2.75) is 50.2 Å². The van der Waals surface area contributed by atoms with Gasteiger partial charge >= 0.3 is 5.97 Å². The van der Waals surface area contributed by atoms with Crippen LogP contribution >= 0.6 is 12.2 Å². The van der Waals surface area contributed by atoms with Gasteiger partial charge in [0.05, 0.1) is 18.5 Å². The third-order valence-corrected chi connectivity index (χ3v) is 10.2. The van der Waals surface area contributed by atoms with Crippen molar-refractivity contribution in [3.8, 4) is 28.2 Å². The number of rotatable bonds is 18. The molecule has 7 rings (SSSR count). The Hall–Kier alpha value is -6.78. The molecule has 4 aromatic rings. The summed E-state index contributed by atoms with van der Waals surface area (Å²) < 4.78 is 13.0. The van der Waals surface area contributed by atoms with Crippen LogP contribution in [0.5, 0.6) is 5.75 Å². The summed E-state index contributed by atoms with van der Waals surface area (Å²) in [5.74, 6) is -0.819. The normalized spacial score (nSPS) is 17.5. The Kier molecular flexibility index (Phi) is 13.8. The van der Waals surface area contributed by atoms with Crippen molar-refractivity contribution in [2.24, 2.45) is 5.16 Å². The fourth-order valence-corrected chi connectivity index (χ4v) is 7.17. The number of amides is 1. The Morgan fingerprint density at radius 2 is 1.76 bits per heavy atom. The molecule has 20 nitrogen and oxygen atoms in total. The van der Waals surface area contributed by atoms with Crippen molar-refractivity contribution in [1.82, 2.24) is 30.2 Å². The van der Waals surface area contributed by atoms with Gasteiger partial charge in [0.25, 0.3) is 5.91 Å². The van der Waals surface area contributed by atoms with Crippen LogP contribution in [0.3, 0.4) is 0 Å². The van der Waals surface area contributed by atoms with E-state index in [1.807, 2.05) is 0 Å². The molecule has 0 radical (unpaired) electrons. The van der Waals surface area contributed by atoms with Gasteiger partial charge in [-0.05, 0) is 79.9 Å². The van der Waals surface area contributed by atoms with Gasteiger partial charge in [0.2, 0.25) is 0 Å². The van der Waals surface area contributed by atoms with Crippen molar-refractivity contribution in [3.63, 3.8) is 0 Å². The zero-order valence-corrected chi connectivity index (χ0v) is 33.7. The average Bonchev–Trinajstić information content (AvgIpc) is 3.81. The number of nitrogens with zero attached hydrogens (tertiary/aromatic N) is 5. The fourth-order valence-electron chi connectivity index (χ4n) is 6.95. The van der Waals surface area contributed by atoms with Crippen LogP contribution in [0.15, 0.2) is 81.6 Å². The van der Waals surface area contributed by atoms with E-state index in [1.54, 1.807) is 30.5 Å². The highest BCUT2D eigenvalue weighted by atomic mass is 32.1.